The molecule has 1 heterocycles. The van der Waals surface area contributed by atoms with Crippen LogP contribution in [0.3, 0.4) is 0 Å². The standard InChI is InChI=1S/C40H53N3O7S3/c1-6-8-20-40(21-9-7-2)27-43(31-18-14-11-15-19-31)32-22-34(52-5)33(23-35(32)53(47,48)28-40)50-25-36(44)42-37(29-16-12-10-13-17-29)38(45)41-24-30(26-51-4)39(46)49-3/h10-19,22-23,30,37H,6-9,20-21,24-28H2,1-5H3,(H,41,45)(H,42,44)/t30?,37-/m1/s1. The lowest BCUT2D eigenvalue weighted by Gasteiger charge is -2.37. The maximum absolute atomic E-state index is 14.4. The molecular weight excluding hydrogens is 731 g/mol. The summed E-state index contributed by atoms with van der Waals surface area (Å²) in [4.78, 5) is 42.2. The van der Waals surface area contributed by atoms with E-state index in [2.05, 4.69) is 29.4 Å². The number of fused-ring (bicyclic) bond motifs is 1. The number of hydrogen-bond donors (Lipinski definition) is 2. The fourth-order valence-electron chi connectivity index (χ4n) is 6.78. The molecular formula is C40H53N3O7S3. The number of rotatable bonds is 19. The third-order valence-electron chi connectivity index (χ3n) is 9.53. The molecule has 13 heteroatoms. The van der Waals surface area contributed by atoms with Gasteiger partial charge in [-0.15, -0.1) is 11.8 Å². The van der Waals surface area contributed by atoms with Crippen LogP contribution in [0.4, 0.5) is 11.4 Å². The van der Waals surface area contributed by atoms with Gasteiger partial charge in [0.1, 0.15) is 11.8 Å². The molecule has 10 nitrogen and oxygen atoms in total. The predicted molar refractivity (Wildman–Crippen MR) is 215 cm³/mol. The lowest BCUT2D eigenvalue weighted by molar-refractivity contribution is -0.144. The summed E-state index contributed by atoms with van der Waals surface area (Å²) in [6.45, 7) is 4.42. The van der Waals surface area contributed by atoms with Crippen molar-refractivity contribution < 1.29 is 32.3 Å². The van der Waals surface area contributed by atoms with Crippen molar-refractivity contribution in [2.45, 2.75) is 68.2 Å². The second-order valence-electron chi connectivity index (χ2n) is 13.5. The van der Waals surface area contributed by atoms with Crippen molar-refractivity contribution in [2.75, 3.05) is 55.7 Å². The van der Waals surface area contributed by atoms with Gasteiger partial charge in [-0.2, -0.15) is 11.8 Å². The molecule has 0 aromatic heterocycles. The average Bonchev–Trinajstić information content (AvgIpc) is 3.27. The van der Waals surface area contributed by atoms with Gasteiger partial charge in [-0.25, -0.2) is 8.42 Å². The number of esters is 1. The first kappa shape index (κ1) is 42.1. The maximum Gasteiger partial charge on any atom is 0.311 e. The molecule has 0 fully saturated rings. The Kier molecular flexibility index (Phi) is 16.0. The van der Waals surface area contributed by atoms with Crippen LogP contribution in [-0.2, 0) is 29.0 Å². The molecule has 2 amide bonds. The van der Waals surface area contributed by atoms with E-state index in [1.165, 1.54) is 30.6 Å². The molecule has 0 bridgehead atoms. The summed E-state index contributed by atoms with van der Waals surface area (Å²) in [6.07, 6.45) is 9.16. The number of methoxy groups -OCH3 is 1. The molecule has 288 valence electrons. The van der Waals surface area contributed by atoms with E-state index in [1.54, 1.807) is 30.3 Å². The Labute approximate surface area is 323 Å². The summed E-state index contributed by atoms with van der Waals surface area (Å²) in [5, 5.41) is 5.57. The number of unbranched alkanes of at least 4 members (excludes halogenated alkanes) is 2. The second kappa shape index (κ2) is 20.1. The Morgan fingerprint density at radius 2 is 1.58 bits per heavy atom. The first-order chi connectivity index (χ1) is 25.5. The fraction of sp³-hybridized carbons (Fsp3) is 0.475. The van der Waals surface area contributed by atoms with Crippen LogP contribution in [0, 0.1) is 11.3 Å². The van der Waals surface area contributed by atoms with E-state index in [0.29, 0.717) is 28.4 Å². The van der Waals surface area contributed by atoms with Gasteiger partial charge in [0.15, 0.2) is 16.4 Å². The Balaban J connectivity index is 1.64. The summed E-state index contributed by atoms with van der Waals surface area (Å²) in [5.41, 5.74) is 1.62. The number of ether oxygens (including phenoxy) is 2. The summed E-state index contributed by atoms with van der Waals surface area (Å²) in [7, 11) is -2.48. The van der Waals surface area contributed by atoms with Gasteiger partial charge in [-0.3, -0.25) is 14.4 Å². The molecule has 2 N–H and O–H groups in total. The van der Waals surface area contributed by atoms with Crippen molar-refractivity contribution in [2.24, 2.45) is 11.3 Å². The second-order valence-corrected chi connectivity index (χ2v) is 17.2. The Morgan fingerprint density at radius 1 is 0.943 bits per heavy atom. The SMILES string of the molecule is CCCCC1(CCCC)CN(c2ccccc2)c2cc(SC)c(OCC(=O)N[C@@H](C(=O)NCC(CSC)C(=O)OC)c3ccccc3)cc2S(=O)(=O)C1. The zero-order valence-corrected chi connectivity index (χ0v) is 33.8. The highest BCUT2D eigenvalue weighted by molar-refractivity contribution is 7.98. The van der Waals surface area contributed by atoms with Crippen molar-refractivity contribution in [1.82, 2.24) is 10.6 Å². The molecule has 1 aliphatic rings. The molecule has 1 aliphatic heterocycles. The molecule has 0 spiro atoms. The smallest absolute Gasteiger partial charge is 0.311 e. The van der Waals surface area contributed by atoms with Gasteiger partial charge in [0, 0.05) is 36.0 Å². The number of amides is 2. The molecule has 1 unspecified atom stereocenters. The molecule has 53 heavy (non-hydrogen) atoms. The third kappa shape index (κ3) is 11.2. The van der Waals surface area contributed by atoms with Crippen LogP contribution in [0.25, 0.3) is 0 Å². The third-order valence-corrected chi connectivity index (χ3v) is 13.0. The number of para-hydroxylation sites is 1. The number of nitrogens with zero attached hydrogens (tertiary/aromatic N) is 1. The fourth-order valence-corrected chi connectivity index (χ4v) is 10.1. The minimum atomic E-state index is -3.78. The number of thioether (sulfide) groups is 2. The molecule has 2 atom stereocenters. The van der Waals surface area contributed by atoms with Crippen molar-refractivity contribution in [3.8, 4) is 5.75 Å². The van der Waals surface area contributed by atoms with E-state index < -0.39 is 51.6 Å². The van der Waals surface area contributed by atoms with Gasteiger partial charge >= 0.3 is 5.97 Å². The first-order valence-electron chi connectivity index (χ1n) is 18.1. The largest absolute Gasteiger partial charge is 0.483 e. The quantitative estimate of drug-likeness (QED) is 0.0951. The number of anilines is 2. The minimum absolute atomic E-state index is 0.0243. The van der Waals surface area contributed by atoms with E-state index in [-0.39, 0.29) is 22.9 Å². The van der Waals surface area contributed by atoms with Crippen molar-refractivity contribution in [1.29, 1.82) is 0 Å². The van der Waals surface area contributed by atoms with Crippen LogP contribution < -0.4 is 20.3 Å². The highest BCUT2D eigenvalue weighted by Crippen LogP contribution is 2.47. The maximum atomic E-state index is 14.4. The number of carbonyl (C=O) groups is 3. The molecule has 4 rings (SSSR count). The van der Waals surface area contributed by atoms with Gasteiger partial charge in [-0.05, 0) is 49.1 Å². The van der Waals surface area contributed by atoms with Crippen molar-refractivity contribution in [3.05, 3.63) is 78.4 Å². The summed E-state index contributed by atoms with van der Waals surface area (Å²) in [6, 6.07) is 21.1. The van der Waals surface area contributed by atoms with Crippen LogP contribution in [0.1, 0.15) is 64.0 Å². The molecule has 0 saturated carbocycles. The minimum Gasteiger partial charge on any atom is -0.483 e. The lowest BCUT2D eigenvalue weighted by Crippen LogP contribution is -2.44. The van der Waals surface area contributed by atoms with Gasteiger partial charge in [0.25, 0.3) is 5.91 Å². The van der Waals surface area contributed by atoms with Gasteiger partial charge in [0.2, 0.25) is 5.91 Å². The topological polar surface area (TPSA) is 131 Å². The summed E-state index contributed by atoms with van der Waals surface area (Å²) >= 11 is 2.86. The lowest BCUT2D eigenvalue weighted by atomic mass is 9.79. The zero-order valence-electron chi connectivity index (χ0n) is 31.4. The van der Waals surface area contributed by atoms with E-state index in [4.69, 9.17) is 9.47 Å². The monoisotopic (exact) mass is 783 g/mol. The van der Waals surface area contributed by atoms with Crippen molar-refractivity contribution >= 4 is 62.5 Å². The Hall–Kier alpha value is -3.68. The molecule has 0 radical (unpaired) electrons. The average molecular weight is 784 g/mol. The zero-order chi connectivity index (χ0) is 38.4. The van der Waals surface area contributed by atoms with Crippen LogP contribution in [0.15, 0.2) is 82.6 Å². The van der Waals surface area contributed by atoms with Gasteiger partial charge in [-0.1, -0.05) is 88.1 Å². The molecule has 3 aromatic carbocycles. The predicted octanol–water partition coefficient (Wildman–Crippen LogP) is 7.21. The van der Waals surface area contributed by atoms with E-state index in [0.717, 1.165) is 44.2 Å². The molecule has 0 aliphatic carbocycles. The number of carbonyl (C=O) groups excluding carboxylic acids is 3. The van der Waals surface area contributed by atoms with Crippen LogP contribution in [0.2, 0.25) is 0 Å². The number of benzene rings is 3. The Morgan fingerprint density at radius 3 is 2.17 bits per heavy atom. The van der Waals surface area contributed by atoms with Gasteiger partial charge < -0.3 is 25.0 Å². The van der Waals surface area contributed by atoms with E-state index >= 15 is 0 Å². The first-order valence-corrected chi connectivity index (χ1v) is 22.4. The van der Waals surface area contributed by atoms with Crippen molar-refractivity contribution in [3.63, 3.8) is 0 Å². The van der Waals surface area contributed by atoms with Crippen LogP contribution >= 0.6 is 23.5 Å². The number of sulfone groups is 1. The highest BCUT2D eigenvalue weighted by Gasteiger charge is 2.42. The number of nitrogens with one attached hydrogen (secondary N) is 2. The summed E-state index contributed by atoms with van der Waals surface area (Å²) in [5.74, 6) is -1.29. The van der Waals surface area contributed by atoms with Crippen LogP contribution in [0.5, 0.6) is 5.75 Å². The van der Waals surface area contributed by atoms with Gasteiger partial charge in [0.05, 0.1) is 34.3 Å². The normalized spacial score (nSPS) is 15.7. The van der Waals surface area contributed by atoms with E-state index in [9.17, 15) is 22.8 Å². The summed E-state index contributed by atoms with van der Waals surface area (Å²) < 4.78 is 39.9. The highest BCUT2D eigenvalue weighted by atomic mass is 32.2. The van der Waals surface area contributed by atoms with E-state index in [1.807, 2.05) is 55.0 Å². The molecule has 0 saturated heterocycles. The van der Waals surface area contributed by atoms with Crippen LogP contribution in [-0.4, -0.2) is 77.0 Å². The number of hydrogen-bond acceptors (Lipinski definition) is 10. The Bertz CT molecular complexity index is 1770. The molecule has 3 aromatic rings.